The van der Waals surface area contributed by atoms with E-state index in [1.165, 1.54) is 0 Å². The first-order valence-electron chi connectivity index (χ1n) is 21.4. The predicted octanol–water partition coefficient (Wildman–Crippen LogP) is 2.52. The zero-order chi connectivity index (χ0) is 43.5. The summed E-state index contributed by atoms with van der Waals surface area (Å²) in [5.74, 6) is 4.99. The van der Waals surface area contributed by atoms with Crippen LogP contribution in [0.1, 0.15) is 0 Å². The summed E-state index contributed by atoms with van der Waals surface area (Å²) in [6.45, 7) is 7.29. The summed E-state index contributed by atoms with van der Waals surface area (Å²) >= 11 is 0. The molecule has 0 unspecified atom stereocenters. The zero-order valence-electron chi connectivity index (χ0n) is 37.1. The van der Waals surface area contributed by atoms with Gasteiger partial charge in [0.25, 0.3) is 0 Å². The Hall–Kier alpha value is -5.77. The maximum Gasteiger partial charge on any atom is 4.00 e. The van der Waals surface area contributed by atoms with Gasteiger partial charge in [-0.25, -0.2) is 0 Å². The molecule has 0 aliphatic carbocycles. The van der Waals surface area contributed by atoms with E-state index in [-0.39, 0.29) is 42.1 Å². The third-order valence-corrected chi connectivity index (χ3v) is 11.8. The van der Waals surface area contributed by atoms with E-state index in [1.54, 1.807) is 0 Å². The second-order valence-corrected chi connectivity index (χ2v) is 15.8. The van der Waals surface area contributed by atoms with E-state index < -0.39 is 21.7 Å². The van der Waals surface area contributed by atoms with Gasteiger partial charge in [-0.15, -0.1) is 93.1 Å². The van der Waals surface area contributed by atoms with Gasteiger partial charge < -0.3 is 58.1 Å². The van der Waals surface area contributed by atoms with Crippen molar-refractivity contribution in [3.05, 3.63) is 149 Å². The molecule has 0 atom stereocenters. The molecule has 5 aromatic carbocycles. The first-order chi connectivity index (χ1) is 31.0. The standard InChI is InChI=1S/C46H32B2N8O4.BH3.2Pt/c1-49-13-17-53(25-49)29-5-9-37-33(21-29)47-34-22-30(54-18-14-50(2)26-54)6-10-38(34)58-44-41(47)43(57-37)45-42-46(44)60-40-12-8-32(56-20-16-52(4)28-56)24-36(40)48(42)35-23-31(7-11-39(35)59-45)55-19-15-51(3)27-55;;;/h5-20,25-28H,1-4H3;1H3;;/q-8;;2*+4/i;1D3;;. The van der Waals surface area contributed by atoms with Crippen LogP contribution in [0.3, 0.4) is 0 Å². The van der Waals surface area contributed by atoms with Crippen molar-refractivity contribution in [3.8, 4) is 46.0 Å². The molecule has 12 nitrogen and oxygen atoms in total. The summed E-state index contributed by atoms with van der Waals surface area (Å²) in [6.07, 6.45) is 16.1. The molecule has 0 saturated carbocycles. The van der Waals surface area contributed by atoms with Gasteiger partial charge in [0.2, 0.25) is 13.4 Å². The van der Waals surface area contributed by atoms with Crippen molar-refractivity contribution >= 4 is 77.3 Å². The number of hydrogen-bond donors (Lipinski definition) is 0. The second kappa shape index (κ2) is 15.2. The maximum absolute atomic E-state index is 7.06. The van der Waals surface area contributed by atoms with Crippen LogP contribution >= 0.6 is 0 Å². The number of ether oxygens (including phenoxy) is 4. The van der Waals surface area contributed by atoms with E-state index >= 15 is 0 Å². The molecule has 0 aromatic heterocycles. The van der Waals surface area contributed by atoms with Crippen LogP contribution in [-0.4, -0.2) is 73.5 Å². The molecule has 63 heavy (non-hydrogen) atoms. The Morgan fingerprint density at radius 1 is 0.429 bits per heavy atom. The number of benzene rings is 5. The van der Waals surface area contributed by atoms with Gasteiger partial charge in [-0.2, -0.15) is 50.9 Å². The van der Waals surface area contributed by atoms with Crippen molar-refractivity contribution in [2.24, 2.45) is 0 Å². The first-order valence-corrected chi connectivity index (χ1v) is 19.7. The Kier molecular flexibility index (Phi) is 9.11. The average molecular weight is 1190 g/mol. The molecule has 0 spiro atoms. The second-order valence-electron chi connectivity index (χ2n) is 15.8. The largest absolute Gasteiger partial charge is 4.00 e. The maximum atomic E-state index is 7.06. The minimum Gasteiger partial charge on any atom is -0.514 e. The molecule has 17 heteroatoms. The molecule has 8 aliphatic heterocycles. The summed E-state index contributed by atoms with van der Waals surface area (Å²) in [5.41, 5.74) is 8.56. The van der Waals surface area contributed by atoms with Crippen LogP contribution in [0.4, 0.5) is 22.7 Å². The molecule has 0 fully saturated rings. The minimum absolute atomic E-state index is 0. The van der Waals surface area contributed by atoms with Crippen LogP contribution in [0.2, 0.25) is 0 Å². The van der Waals surface area contributed by atoms with Crippen LogP contribution in [0.25, 0.3) is 0 Å². The van der Waals surface area contributed by atoms with Gasteiger partial charge in [-0.3, -0.25) is 0 Å². The van der Waals surface area contributed by atoms with E-state index in [0.717, 1.165) is 55.5 Å². The number of fused-ring (bicyclic) bond motifs is 10. The van der Waals surface area contributed by atoms with Gasteiger partial charge in [-0.05, 0) is 81.8 Å². The molecule has 13 rings (SSSR count). The van der Waals surface area contributed by atoms with E-state index in [2.05, 4.69) is 43.9 Å². The Balaban J connectivity index is 0.000000821. The number of anilines is 4. The SMILES string of the molecule is CN1C=CN(c2[c-]c3c(cc2)Oc2c4c5c(c6c2B3c2[c-]c(N3C=CN(C)[CH-]3)ccc2O6)Oc2ccc(N3C=CN(C)[CH-]3)[c-]c2B5c2[c-]c(N3C=CN(C)[CH-]3)ccc2O4)[CH-]1.[2H]B([2H])[2H].[Pt+4].[Pt+4]. The summed E-state index contributed by atoms with van der Waals surface area (Å²) in [7, 11) is 6.60. The van der Waals surface area contributed by atoms with Crippen molar-refractivity contribution < 1.29 is 61.1 Å². The first kappa shape index (κ1) is 37.8. The van der Waals surface area contributed by atoms with E-state index in [0.29, 0.717) is 46.0 Å². The van der Waals surface area contributed by atoms with Crippen molar-refractivity contribution in [1.29, 1.82) is 4.01 Å². The molecule has 0 saturated heterocycles. The van der Waals surface area contributed by atoms with Crippen molar-refractivity contribution in [2.45, 2.75) is 0 Å². The van der Waals surface area contributed by atoms with Gasteiger partial charge in [0.1, 0.15) is 0 Å². The molecular formula is C46H35B3N8O4Pt2. The Morgan fingerprint density at radius 2 is 0.667 bits per heavy atom. The zero-order valence-corrected chi connectivity index (χ0v) is 38.7. The molecule has 0 N–H and O–H groups in total. The van der Waals surface area contributed by atoms with E-state index in [4.69, 9.17) is 23.0 Å². The van der Waals surface area contributed by atoms with Crippen LogP contribution in [0.5, 0.6) is 46.0 Å². The summed E-state index contributed by atoms with van der Waals surface area (Å²) in [6, 6.07) is 31.2. The van der Waals surface area contributed by atoms with Crippen molar-refractivity contribution in [2.75, 3.05) is 47.8 Å². The van der Waals surface area contributed by atoms with Crippen molar-refractivity contribution in [1.82, 2.24) is 19.6 Å². The minimum atomic E-state index is -1.42. The predicted molar refractivity (Wildman–Crippen MR) is 242 cm³/mol. The number of rotatable bonds is 4. The number of nitrogens with zero attached hydrogens (tertiary/aromatic N) is 8. The molecular weight excluding hydrogens is 1150 g/mol. The molecule has 0 radical (unpaired) electrons. The van der Waals surface area contributed by atoms with Gasteiger partial charge in [0, 0.05) is 33.9 Å². The van der Waals surface area contributed by atoms with Gasteiger partial charge in [0.05, 0.1) is 8.30 Å². The quantitative estimate of drug-likeness (QED) is 0.193. The van der Waals surface area contributed by atoms with Crippen LogP contribution in [0.15, 0.2) is 98.1 Å². The molecule has 0 bridgehead atoms. The van der Waals surface area contributed by atoms with Crippen LogP contribution in [0, 0.1) is 50.9 Å². The van der Waals surface area contributed by atoms with Gasteiger partial charge >= 0.3 is 42.1 Å². The molecule has 8 aliphatic rings. The molecule has 5 aromatic rings. The Morgan fingerprint density at radius 3 is 0.873 bits per heavy atom. The fourth-order valence-corrected chi connectivity index (χ4v) is 9.06. The fraction of sp³-hybridized carbons (Fsp3) is 0.0870. The van der Waals surface area contributed by atoms with Crippen LogP contribution in [-0.2, 0) is 42.1 Å². The number of hydrogen-bond acceptors (Lipinski definition) is 12. The topological polar surface area (TPSA) is 62.8 Å². The third kappa shape index (κ3) is 6.28. The summed E-state index contributed by atoms with van der Waals surface area (Å²) in [5, 5.41) is 0. The van der Waals surface area contributed by atoms with E-state index in [1.807, 2.05) is 173 Å². The normalized spacial score (nSPS) is 17.6. The monoisotopic (exact) mass is 1190 g/mol. The summed E-state index contributed by atoms with van der Waals surface area (Å²) in [4.78, 5) is 16.2. The van der Waals surface area contributed by atoms with Gasteiger partial charge in [0.15, 0.2) is 23.0 Å². The van der Waals surface area contributed by atoms with Gasteiger partial charge in [-0.1, -0.05) is 0 Å². The Bertz CT molecular complexity index is 2560. The third-order valence-electron chi connectivity index (χ3n) is 11.8. The smallest absolute Gasteiger partial charge is 0.514 e. The molecule has 312 valence electrons. The molecule has 8 heterocycles. The van der Waals surface area contributed by atoms with Crippen LogP contribution < -0.4 is 71.3 Å². The molecule has 0 amide bonds. The van der Waals surface area contributed by atoms with E-state index in [9.17, 15) is 0 Å². The summed E-state index contributed by atoms with van der Waals surface area (Å²) < 4.78 is 46.0. The average Bonchev–Trinajstić information content (AvgIpc) is 4.13. The fourth-order valence-electron chi connectivity index (χ4n) is 9.06. The van der Waals surface area contributed by atoms with Crippen molar-refractivity contribution in [3.63, 3.8) is 0 Å². The Labute approximate surface area is 402 Å².